The predicted molar refractivity (Wildman–Crippen MR) is 70.8 cm³/mol. The molecule has 0 aromatic heterocycles. The first-order valence-electron chi connectivity index (χ1n) is 6.89. The summed E-state index contributed by atoms with van der Waals surface area (Å²) < 4.78 is 0. The van der Waals surface area contributed by atoms with Crippen molar-refractivity contribution in [1.82, 2.24) is 10.2 Å². The molecular formula is C15H22N2. The quantitative estimate of drug-likeness (QED) is 0.840. The van der Waals surface area contributed by atoms with Gasteiger partial charge in [0.2, 0.25) is 0 Å². The maximum Gasteiger partial charge on any atom is 0.0244 e. The van der Waals surface area contributed by atoms with E-state index >= 15 is 0 Å². The largest absolute Gasteiger partial charge is 0.312 e. The van der Waals surface area contributed by atoms with Crippen molar-refractivity contribution in [1.29, 1.82) is 0 Å². The van der Waals surface area contributed by atoms with Crippen molar-refractivity contribution in [2.75, 3.05) is 6.54 Å². The fourth-order valence-corrected chi connectivity index (χ4v) is 3.19. The molecule has 2 atom stereocenters. The number of rotatable bonds is 2. The van der Waals surface area contributed by atoms with Crippen molar-refractivity contribution in [3.63, 3.8) is 0 Å². The van der Waals surface area contributed by atoms with Crippen LogP contribution in [0.2, 0.25) is 0 Å². The van der Waals surface area contributed by atoms with Crippen molar-refractivity contribution in [3.05, 3.63) is 35.4 Å². The normalized spacial score (nSPS) is 26.8. The van der Waals surface area contributed by atoms with Gasteiger partial charge in [-0.15, -0.1) is 0 Å². The van der Waals surface area contributed by atoms with Gasteiger partial charge in [0.05, 0.1) is 0 Å². The molecule has 2 aliphatic heterocycles. The Kier molecular flexibility index (Phi) is 3.17. The van der Waals surface area contributed by atoms with Crippen LogP contribution in [0.25, 0.3) is 0 Å². The molecule has 92 valence electrons. The lowest BCUT2D eigenvalue weighted by Gasteiger charge is -2.34. The van der Waals surface area contributed by atoms with E-state index in [1.165, 1.54) is 36.9 Å². The summed E-state index contributed by atoms with van der Waals surface area (Å²) in [6.07, 6.45) is 4.08. The summed E-state index contributed by atoms with van der Waals surface area (Å²) in [6, 6.07) is 10.2. The second-order valence-corrected chi connectivity index (χ2v) is 5.47. The van der Waals surface area contributed by atoms with Crippen LogP contribution in [0, 0.1) is 0 Å². The molecule has 0 saturated carbocycles. The zero-order valence-electron chi connectivity index (χ0n) is 10.7. The zero-order valence-corrected chi connectivity index (χ0v) is 10.7. The third-order valence-corrected chi connectivity index (χ3v) is 4.37. The van der Waals surface area contributed by atoms with Crippen molar-refractivity contribution >= 4 is 0 Å². The number of hydrogen-bond donors (Lipinski definition) is 1. The van der Waals surface area contributed by atoms with E-state index in [2.05, 4.69) is 41.4 Å². The van der Waals surface area contributed by atoms with E-state index in [1.54, 1.807) is 0 Å². The molecule has 17 heavy (non-hydrogen) atoms. The Bertz CT molecular complexity index is 357. The van der Waals surface area contributed by atoms with Crippen LogP contribution < -0.4 is 5.32 Å². The lowest BCUT2D eigenvalue weighted by molar-refractivity contribution is 0.154. The Hall–Kier alpha value is -0.860. The maximum atomic E-state index is 3.68. The van der Waals surface area contributed by atoms with Gasteiger partial charge < -0.3 is 5.32 Å². The number of nitrogens with one attached hydrogen (secondary N) is 1. The van der Waals surface area contributed by atoms with Gasteiger partial charge in [-0.05, 0) is 37.4 Å². The third kappa shape index (κ3) is 2.24. The van der Waals surface area contributed by atoms with Gasteiger partial charge in [0, 0.05) is 25.2 Å². The first-order chi connectivity index (χ1) is 8.34. The van der Waals surface area contributed by atoms with Crippen molar-refractivity contribution in [3.8, 4) is 0 Å². The lowest BCUT2D eigenvalue weighted by Crippen LogP contribution is -2.48. The molecule has 1 aromatic rings. The molecule has 3 rings (SSSR count). The lowest BCUT2D eigenvalue weighted by atomic mass is 9.98. The highest BCUT2D eigenvalue weighted by molar-refractivity contribution is 5.30. The smallest absolute Gasteiger partial charge is 0.0244 e. The Morgan fingerprint density at radius 1 is 1.18 bits per heavy atom. The van der Waals surface area contributed by atoms with Gasteiger partial charge in [-0.3, -0.25) is 4.90 Å². The SMILES string of the molecule is CC(C1CCCCN1)N1Cc2ccccc2C1. The van der Waals surface area contributed by atoms with E-state index in [9.17, 15) is 0 Å². The number of nitrogens with zero attached hydrogens (tertiary/aromatic N) is 1. The van der Waals surface area contributed by atoms with Crippen molar-refractivity contribution in [2.24, 2.45) is 0 Å². The van der Waals surface area contributed by atoms with Gasteiger partial charge in [-0.25, -0.2) is 0 Å². The summed E-state index contributed by atoms with van der Waals surface area (Å²) in [5.74, 6) is 0. The number of benzene rings is 1. The van der Waals surface area contributed by atoms with Crippen LogP contribution in [-0.2, 0) is 13.1 Å². The number of piperidine rings is 1. The molecule has 0 spiro atoms. The number of fused-ring (bicyclic) bond motifs is 1. The predicted octanol–water partition coefficient (Wildman–Crippen LogP) is 2.53. The standard InChI is InChI=1S/C15H22N2/c1-12(15-8-4-5-9-16-15)17-10-13-6-2-3-7-14(13)11-17/h2-3,6-7,12,15-16H,4-5,8-11H2,1H3. The van der Waals surface area contributed by atoms with Gasteiger partial charge in [-0.1, -0.05) is 30.7 Å². The molecule has 0 aliphatic carbocycles. The monoisotopic (exact) mass is 230 g/mol. The maximum absolute atomic E-state index is 3.68. The highest BCUT2D eigenvalue weighted by atomic mass is 15.2. The van der Waals surface area contributed by atoms with Gasteiger partial charge in [0.1, 0.15) is 0 Å². The highest BCUT2D eigenvalue weighted by Crippen LogP contribution is 2.26. The Morgan fingerprint density at radius 3 is 2.47 bits per heavy atom. The molecule has 1 fully saturated rings. The van der Waals surface area contributed by atoms with Crippen LogP contribution in [0.15, 0.2) is 24.3 Å². The molecule has 2 aliphatic rings. The summed E-state index contributed by atoms with van der Waals surface area (Å²) in [7, 11) is 0. The molecule has 0 radical (unpaired) electrons. The molecule has 0 bridgehead atoms. The average Bonchev–Trinajstić information content (AvgIpc) is 2.82. The van der Waals surface area contributed by atoms with Gasteiger partial charge in [-0.2, -0.15) is 0 Å². The molecule has 1 aromatic carbocycles. The summed E-state index contributed by atoms with van der Waals surface area (Å²) in [6.45, 7) is 5.86. The van der Waals surface area contributed by atoms with E-state index in [0.29, 0.717) is 12.1 Å². The molecular weight excluding hydrogens is 208 g/mol. The Morgan fingerprint density at radius 2 is 1.88 bits per heavy atom. The molecule has 1 saturated heterocycles. The van der Waals surface area contributed by atoms with Gasteiger partial charge in [0.15, 0.2) is 0 Å². The first kappa shape index (κ1) is 11.2. The average molecular weight is 230 g/mol. The summed E-state index contributed by atoms with van der Waals surface area (Å²) in [5, 5.41) is 3.68. The fourth-order valence-electron chi connectivity index (χ4n) is 3.19. The highest BCUT2D eigenvalue weighted by Gasteiger charge is 2.28. The van der Waals surface area contributed by atoms with E-state index in [-0.39, 0.29) is 0 Å². The van der Waals surface area contributed by atoms with E-state index in [0.717, 1.165) is 13.1 Å². The van der Waals surface area contributed by atoms with Crippen LogP contribution in [0.5, 0.6) is 0 Å². The van der Waals surface area contributed by atoms with E-state index < -0.39 is 0 Å². The molecule has 2 heteroatoms. The second kappa shape index (κ2) is 4.79. The van der Waals surface area contributed by atoms with Crippen LogP contribution in [0.1, 0.15) is 37.3 Å². The van der Waals surface area contributed by atoms with Crippen molar-refractivity contribution in [2.45, 2.75) is 51.4 Å². The van der Waals surface area contributed by atoms with Gasteiger partial charge >= 0.3 is 0 Å². The zero-order chi connectivity index (χ0) is 11.7. The second-order valence-electron chi connectivity index (χ2n) is 5.47. The minimum Gasteiger partial charge on any atom is -0.312 e. The number of hydrogen-bond acceptors (Lipinski definition) is 2. The Balaban J connectivity index is 1.67. The molecule has 0 amide bonds. The van der Waals surface area contributed by atoms with Crippen molar-refractivity contribution < 1.29 is 0 Å². The third-order valence-electron chi connectivity index (χ3n) is 4.37. The van der Waals surface area contributed by atoms with E-state index in [4.69, 9.17) is 0 Å². The van der Waals surface area contributed by atoms with Crippen LogP contribution in [0.3, 0.4) is 0 Å². The molecule has 2 heterocycles. The van der Waals surface area contributed by atoms with Crippen LogP contribution in [0.4, 0.5) is 0 Å². The topological polar surface area (TPSA) is 15.3 Å². The minimum atomic E-state index is 0.655. The minimum absolute atomic E-state index is 0.655. The van der Waals surface area contributed by atoms with Crippen LogP contribution in [-0.4, -0.2) is 23.5 Å². The molecule has 2 nitrogen and oxygen atoms in total. The summed E-state index contributed by atoms with van der Waals surface area (Å²) >= 11 is 0. The summed E-state index contributed by atoms with van der Waals surface area (Å²) in [4.78, 5) is 2.62. The first-order valence-corrected chi connectivity index (χ1v) is 6.89. The molecule has 2 unspecified atom stereocenters. The Labute approximate surface area is 104 Å². The summed E-state index contributed by atoms with van der Waals surface area (Å²) in [5.41, 5.74) is 3.05. The fraction of sp³-hybridized carbons (Fsp3) is 0.600. The molecule has 1 N–H and O–H groups in total. The van der Waals surface area contributed by atoms with Gasteiger partial charge in [0.25, 0.3) is 0 Å². The van der Waals surface area contributed by atoms with E-state index in [1.807, 2.05) is 0 Å². The van der Waals surface area contributed by atoms with Crippen LogP contribution >= 0.6 is 0 Å².